The lowest BCUT2D eigenvalue weighted by molar-refractivity contribution is -0.135. The van der Waals surface area contributed by atoms with Crippen LogP contribution in [0.15, 0.2) is 73.1 Å². The van der Waals surface area contributed by atoms with Gasteiger partial charge in [-0.05, 0) is 76.6 Å². The topological polar surface area (TPSA) is 152 Å². The molecule has 2 aliphatic heterocycles. The van der Waals surface area contributed by atoms with Crippen LogP contribution in [0.5, 0.6) is 0 Å². The zero-order valence-corrected chi connectivity index (χ0v) is 32.7. The van der Waals surface area contributed by atoms with Crippen molar-refractivity contribution >= 4 is 60.0 Å². The molecule has 11 nitrogen and oxygen atoms in total. The largest absolute Gasteiger partial charge is 0.453 e. The third kappa shape index (κ3) is 7.94. The van der Waals surface area contributed by atoms with Crippen LogP contribution in [-0.4, -0.2) is 63.1 Å². The molecule has 54 heavy (non-hydrogen) atoms. The van der Waals surface area contributed by atoms with Gasteiger partial charge in [0.2, 0.25) is 5.91 Å². The molecular formula is C40H45Cl3N8O3. The number of imidazole rings is 2. The first-order valence-electron chi connectivity index (χ1n) is 17.8. The Morgan fingerprint density at radius 3 is 2.11 bits per heavy atom. The molecule has 2 aromatic heterocycles. The molecule has 0 bridgehead atoms. The number of nitrogens with zero attached hydrogens (tertiary/aromatic N) is 4. The number of nitrogens with one attached hydrogen (secondary N) is 4. The van der Waals surface area contributed by atoms with Gasteiger partial charge in [0, 0.05) is 18.7 Å². The van der Waals surface area contributed by atoms with Crippen molar-refractivity contribution in [2.45, 2.75) is 57.7 Å². The van der Waals surface area contributed by atoms with E-state index in [2.05, 4.69) is 92.3 Å². The Hall–Kier alpha value is -4.60. The Balaban J connectivity index is 0.00000187. The fourth-order valence-corrected chi connectivity index (χ4v) is 7.74. The van der Waals surface area contributed by atoms with Crippen LogP contribution in [-0.2, 0) is 9.53 Å². The van der Waals surface area contributed by atoms with Crippen LogP contribution in [0.4, 0.5) is 4.79 Å². The summed E-state index contributed by atoms with van der Waals surface area (Å²) in [6.07, 6.45) is 6.95. The number of hydrogen-bond acceptors (Lipinski definition) is 7. The number of nitriles is 1. The molecule has 3 aromatic carbocycles. The lowest BCUT2D eigenvalue weighted by Gasteiger charge is -2.30. The van der Waals surface area contributed by atoms with Gasteiger partial charge in [0.15, 0.2) is 0 Å². The summed E-state index contributed by atoms with van der Waals surface area (Å²) in [6.45, 7) is 5.23. The predicted molar refractivity (Wildman–Crippen MR) is 216 cm³/mol. The van der Waals surface area contributed by atoms with Crippen LogP contribution in [0.25, 0.3) is 44.4 Å². The molecule has 4 atom stereocenters. The molecule has 1 aliphatic carbocycles. The van der Waals surface area contributed by atoms with E-state index in [1.54, 1.807) is 0 Å². The lowest BCUT2D eigenvalue weighted by Crippen LogP contribution is -2.51. The number of aromatic amines is 2. The van der Waals surface area contributed by atoms with E-state index < -0.39 is 12.1 Å². The van der Waals surface area contributed by atoms with Crippen molar-refractivity contribution in [3.8, 4) is 39.7 Å². The molecule has 284 valence electrons. The number of amides is 2. The first-order valence-corrected chi connectivity index (χ1v) is 17.8. The summed E-state index contributed by atoms with van der Waals surface area (Å²) < 4.78 is 4.81. The first kappa shape index (κ1) is 40.6. The number of ether oxygens (including phenoxy) is 1. The molecule has 4 heterocycles. The van der Waals surface area contributed by atoms with Crippen molar-refractivity contribution in [2.24, 2.45) is 17.3 Å². The minimum atomic E-state index is -0.671. The number of rotatable bonds is 8. The molecular weight excluding hydrogens is 747 g/mol. The van der Waals surface area contributed by atoms with Gasteiger partial charge in [0.25, 0.3) is 0 Å². The van der Waals surface area contributed by atoms with Crippen molar-refractivity contribution in [1.82, 2.24) is 35.5 Å². The van der Waals surface area contributed by atoms with Crippen molar-refractivity contribution in [3.63, 3.8) is 0 Å². The fraction of sp³-hybridized carbons (Fsp3) is 0.375. The minimum absolute atomic E-state index is 0. The molecule has 1 spiro atoms. The molecule has 4 unspecified atom stereocenters. The molecule has 14 heteroatoms. The van der Waals surface area contributed by atoms with Gasteiger partial charge in [-0.3, -0.25) is 4.79 Å². The lowest BCUT2D eigenvalue weighted by atomic mass is 9.98. The molecule has 3 aliphatic rings. The number of benzene rings is 3. The van der Waals surface area contributed by atoms with Gasteiger partial charge in [-0.25, -0.2) is 14.8 Å². The minimum Gasteiger partial charge on any atom is -0.453 e. The number of alkyl carbamates (subject to hydrolysis) is 1. The summed E-state index contributed by atoms with van der Waals surface area (Å²) >= 11 is 0. The standard InChI is InChI=1S/C40H42N8O3.3ClH/c1-23(2)35(47-39(50)51-3)38(49)48-22-40(12-13-40)17-34(48)37-44-21-33(46-37)30-11-10-28-15-27(8-9-29(28)16-30)25-4-6-26(7-5-25)32-20-43-36(45-32)31-14-24(18-41)19-42-31;;;/h4-11,15-16,20-21,23-24,31,34-35,42H,12-14,17,19,22H2,1-3H3,(H,43,45)(H,44,46)(H,47,50);3*1H. The second-order valence-electron chi connectivity index (χ2n) is 14.8. The van der Waals surface area contributed by atoms with E-state index >= 15 is 0 Å². The number of H-pyrrole nitrogens is 2. The highest BCUT2D eigenvalue weighted by Gasteiger charge is 2.55. The number of aromatic nitrogens is 4. The average molecular weight is 792 g/mol. The molecule has 2 saturated heterocycles. The van der Waals surface area contributed by atoms with E-state index in [0.29, 0.717) is 13.1 Å². The molecule has 1 saturated carbocycles. The summed E-state index contributed by atoms with van der Waals surface area (Å²) in [5.41, 5.74) is 6.35. The van der Waals surface area contributed by atoms with Crippen LogP contribution in [0.3, 0.4) is 0 Å². The summed E-state index contributed by atoms with van der Waals surface area (Å²) in [7, 11) is 1.31. The Morgan fingerprint density at radius 1 is 0.889 bits per heavy atom. The number of likely N-dealkylation sites (tertiary alicyclic amines) is 1. The quantitative estimate of drug-likeness (QED) is 0.124. The maximum absolute atomic E-state index is 13.8. The highest BCUT2D eigenvalue weighted by atomic mass is 35.5. The molecule has 8 rings (SSSR count). The van der Waals surface area contributed by atoms with Gasteiger partial charge in [-0.1, -0.05) is 62.4 Å². The normalized spacial score (nSPS) is 20.1. The van der Waals surface area contributed by atoms with E-state index in [9.17, 15) is 14.9 Å². The van der Waals surface area contributed by atoms with Crippen molar-refractivity contribution in [1.29, 1.82) is 5.26 Å². The maximum Gasteiger partial charge on any atom is 0.407 e. The van der Waals surface area contributed by atoms with Crippen LogP contribution in [0, 0.1) is 28.6 Å². The van der Waals surface area contributed by atoms with Crippen molar-refractivity contribution in [2.75, 3.05) is 20.2 Å². The smallest absolute Gasteiger partial charge is 0.407 e. The second kappa shape index (κ2) is 16.4. The van der Waals surface area contributed by atoms with E-state index in [0.717, 1.165) is 81.7 Å². The summed E-state index contributed by atoms with van der Waals surface area (Å²) in [4.78, 5) is 44.2. The predicted octanol–water partition coefficient (Wildman–Crippen LogP) is 8.16. The van der Waals surface area contributed by atoms with Crippen LogP contribution >= 0.6 is 37.2 Å². The number of carbonyl (C=O) groups excluding carboxylic acids is 2. The van der Waals surface area contributed by atoms with E-state index in [1.807, 2.05) is 31.1 Å². The Labute approximate surface area is 333 Å². The number of fused-ring (bicyclic) bond motifs is 1. The van der Waals surface area contributed by atoms with Crippen LogP contribution < -0.4 is 10.6 Å². The zero-order valence-electron chi connectivity index (χ0n) is 30.3. The fourth-order valence-electron chi connectivity index (χ4n) is 7.74. The molecule has 3 fully saturated rings. The summed E-state index contributed by atoms with van der Waals surface area (Å²) in [5.74, 6) is 1.49. The maximum atomic E-state index is 13.8. The number of hydrogen-bond donors (Lipinski definition) is 4. The van der Waals surface area contributed by atoms with E-state index in [-0.39, 0.29) is 72.5 Å². The van der Waals surface area contributed by atoms with Gasteiger partial charge < -0.3 is 30.2 Å². The number of carbonyl (C=O) groups is 2. The van der Waals surface area contributed by atoms with Gasteiger partial charge in [-0.2, -0.15) is 5.26 Å². The van der Waals surface area contributed by atoms with Gasteiger partial charge in [-0.15, -0.1) is 37.2 Å². The Kier molecular flexibility index (Phi) is 12.3. The van der Waals surface area contributed by atoms with E-state index in [1.165, 1.54) is 7.11 Å². The SMILES string of the molecule is COC(=O)NC(C(=O)N1CC2(CC2)CC1c1ncc(-c2ccc3cc(-c4ccc(-c5cnc(C6CC(C#N)CN6)[nH]5)cc4)ccc3c2)[nH]1)C(C)C.Cl.Cl.Cl. The monoisotopic (exact) mass is 790 g/mol. The van der Waals surface area contributed by atoms with Gasteiger partial charge in [0.1, 0.15) is 17.7 Å². The molecule has 5 aromatic rings. The zero-order chi connectivity index (χ0) is 35.3. The van der Waals surface area contributed by atoms with E-state index in [4.69, 9.17) is 9.72 Å². The highest BCUT2D eigenvalue weighted by Crippen LogP contribution is 2.58. The van der Waals surface area contributed by atoms with Crippen molar-refractivity contribution < 1.29 is 14.3 Å². The number of halogens is 3. The third-order valence-electron chi connectivity index (χ3n) is 11.0. The first-order chi connectivity index (χ1) is 24.7. The molecule has 0 radical (unpaired) electrons. The van der Waals surface area contributed by atoms with Gasteiger partial charge >= 0.3 is 6.09 Å². The molecule has 4 N–H and O–H groups in total. The Morgan fingerprint density at radius 2 is 1.48 bits per heavy atom. The highest BCUT2D eigenvalue weighted by molar-refractivity contribution is 5.91. The van der Waals surface area contributed by atoms with Crippen molar-refractivity contribution in [3.05, 3.63) is 84.7 Å². The second-order valence-corrected chi connectivity index (χ2v) is 14.8. The summed E-state index contributed by atoms with van der Waals surface area (Å²) in [6, 6.07) is 23.0. The third-order valence-corrected chi connectivity index (χ3v) is 11.0. The Bertz CT molecular complexity index is 2160. The van der Waals surface area contributed by atoms with Gasteiger partial charge in [0.05, 0.1) is 55.0 Å². The summed E-state index contributed by atoms with van der Waals surface area (Å²) in [5, 5.41) is 17.6. The van der Waals surface area contributed by atoms with Crippen LogP contribution in [0.2, 0.25) is 0 Å². The molecule has 2 amide bonds. The van der Waals surface area contributed by atoms with Crippen LogP contribution in [0.1, 0.15) is 63.3 Å². The average Bonchev–Trinajstić information content (AvgIpc) is 3.68. The number of methoxy groups -OCH3 is 1.